The van der Waals surface area contributed by atoms with Crippen molar-refractivity contribution in [3.63, 3.8) is 0 Å². The number of methoxy groups -OCH3 is 3. The predicted molar refractivity (Wildman–Crippen MR) is 92.6 cm³/mol. The fraction of sp³-hybridized carbons (Fsp3) is 0.588. The number of nitrogens with one attached hydrogen (secondary N) is 1. The van der Waals surface area contributed by atoms with E-state index in [9.17, 15) is 4.79 Å². The van der Waals surface area contributed by atoms with Crippen LogP contribution in [0.1, 0.15) is 12.8 Å². The number of benzene rings is 1. The molecule has 1 aliphatic rings. The molecule has 0 aliphatic carbocycles. The molecule has 2 unspecified atom stereocenters. The molecule has 0 aromatic heterocycles. The maximum absolute atomic E-state index is 12.3. The molecule has 7 nitrogen and oxygen atoms in total. The van der Waals surface area contributed by atoms with Gasteiger partial charge in [0.05, 0.1) is 20.8 Å². The molecule has 3 N–H and O–H groups in total. The van der Waals surface area contributed by atoms with Gasteiger partial charge in [-0.05, 0) is 12.8 Å². The number of nitrogens with two attached hydrogens (primary N) is 1. The van der Waals surface area contributed by atoms with Crippen LogP contribution in [0.3, 0.4) is 0 Å². The van der Waals surface area contributed by atoms with Gasteiger partial charge in [0.1, 0.15) is 17.5 Å². The number of rotatable bonds is 7. The Bertz CT molecular complexity index is 530. The third-order valence-corrected chi connectivity index (χ3v) is 4.12. The highest BCUT2D eigenvalue weighted by Gasteiger charge is 2.27. The first-order valence-electron chi connectivity index (χ1n) is 8.10. The Labute approximate surface area is 143 Å². The molecule has 7 heteroatoms. The van der Waals surface area contributed by atoms with Crippen molar-refractivity contribution in [2.75, 3.05) is 46.3 Å². The Morgan fingerprint density at radius 2 is 1.96 bits per heavy atom. The van der Waals surface area contributed by atoms with Crippen LogP contribution in [0.15, 0.2) is 18.2 Å². The number of piperidine rings is 1. The summed E-state index contributed by atoms with van der Waals surface area (Å²) in [5, 5.41) is 3.46. The highest BCUT2D eigenvalue weighted by molar-refractivity contribution is 5.82. The number of carbonyl (C=O) groups excluding carboxylic acids is 1. The lowest BCUT2D eigenvalue weighted by molar-refractivity contribution is -0.134. The van der Waals surface area contributed by atoms with E-state index >= 15 is 0 Å². The Balaban J connectivity index is 2.01. The first-order valence-corrected chi connectivity index (χ1v) is 8.10. The Morgan fingerprint density at radius 1 is 1.29 bits per heavy atom. The molecule has 1 aromatic carbocycles. The van der Waals surface area contributed by atoms with E-state index in [1.54, 1.807) is 21.3 Å². The summed E-state index contributed by atoms with van der Waals surface area (Å²) in [6.07, 6.45) is 1.92. The molecular weight excluding hydrogens is 310 g/mol. The molecule has 0 spiro atoms. The van der Waals surface area contributed by atoms with Crippen molar-refractivity contribution in [1.82, 2.24) is 4.90 Å². The smallest absolute Gasteiger partial charge is 0.241 e. The fourth-order valence-electron chi connectivity index (χ4n) is 2.91. The van der Waals surface area contributed by atoms with E-state index in [1.165, 1.54) is 0 Å². The van der Waals surface area contributed by atoms with Gasteiger partial charge >= 0.3 is 0 Å². The van der Waals surface area contributed by atoms with Crippen LogP contribution in [0.4, 0.5) is 5.69 Å². The van der Waals surface area contributed by atoms with Crippen LogP contribution < -0.4 is 20.5 Å². The van der Waals surface area contributed by atoms with Crippen LogP contribution in [0.25, 0.3) is 0 Å². The summed E-state index contributed by atoms with van der Waals surface area (Å²) < 4.78 is 15.6. The number of anilines is 1. The lowest BCUT2D eigenvalue weighted by atomic mass is 10.0. The van der Waals surface area contributed by atoms with Crippen molar-refractivity contribution in [2.45, 2.75) is 24.9 Å². The van der Waals surface area contributed by atoms with Crippen LogP contribution in [-0.2, 0) is 9.53 Å². The second-order valence-electron chi connectivity index (χ2n) is 5.93. The van der Waals surface area contributed by atoms with E-state index in [2.05, 4.69) is 5.32 Å². The van der Waals surface area contributed by atoms with Gasteiger partial charge in [-0.2, -0.15) is 0 Å². The molecular formula is C17H27N3O4. The van der Waals surface area contributed by atoms with Crippen molar-refractivity contribution in [3.05, 3.63) is 18.2 Å². The van der Waals surface area contributed by atoms with Gasteiger partial charge in [0.15, 0.2) is 0 Å². The van der Waals surface area contributed by atoms with Crippen LogP contribution in [-0.4, -0.2) is 63.9 Å². The molecule has 0 radical (unpaired) electrons. The molecule has 2 rings (SSSR count). The second-order valence-corrected chi connectivity index (χ2v) is 5.93. The first kappa shape index (κ1) is 18.4. The molecule has 1 aliphatic heterocycles. The molecule has 1 fully saturated rings. The zero-order chi connectivity index (χ0) is 17.5. The quantitative estimate of drug-likeness (QED) is 0.774. The summed E-state index contributed by atoms with van der Waals surface area (Å²) in [4.78, 5) is 14.1. The van der Waals surface area contributed by atoms with Gasteiger partial charge in [-0.1, -0.05) is 0 Å². The summed E-state index contributed by atoms with van der Waals surface area (Å²) in [5.74, 6) is 1.39. The standard InChI is InChI=1S/C17H27N3O4/c1-22-11-16(18)17(21)20-6-4-5-12(10-20)19-13-7-14(23-2)9-15(8-13)24-3/h7-9,12,16,19H,4-6,10-11,18H2,1-3H3. The Kier molecular flexibility index (Phi) is 6.69. The van der Waals surface area contributed by atoms with Crippen LogP contribution in [0.2, 0.25) is 0 Å². The number of hydrogen-bond acceptors (Lipinski definition) is 6. The highest BCUT2D eigenvalue weighted by atomic mass is 16.5. The van der Waals surface area contributed by atoms with Crippen LogP contribution >= 0.6 is 0 Å². The van der Waals surface area contributed by atoms with Crippen molar-refractivity contribution in [2.24, 2.45) is 5.73 Å². The number of likely N-dealkylation sites (tertiary alicyclic amines) is 1. The van der Waals surface area contributed by atoms with Crippen molar-refractivity contribution >= 4 is 11.6 Å². The van der Waals surface area contributed by atoms with Crippen LogP contribution in [0.5, 0.6) is 11.5 Å². The first-order chi connectivity index (χ1) is 11.6. The summed E-state index contributed by atoms with van der Waals surface area (Å²) in [5.41, 5.74) is 6.77. The average molecular weight is 337 g/mol. The van der Waals surface area contributed by atoms with E-state index in [-0.39, 0.29) is 18.6 Å². The lowest BCUT2D eigenvalue weighted by Gasteiger charge is -2.35. The van der Waals surface area contributed by atoms with Crippen molar-refractivity contribution in [3.8, 4) is 11.5 Å². The Morgan fingerprint density at radius 3 is 2.54 bits per heavy atom. The summed E-state index contributed by atoms with van der Waals surface area (Å²) in [7, 11) is 4.79. The van der Waals surface area contributed by atoms with E-state index in [0.717, 1.165) is 36.6 Å². The average Bonchev–Trinajstić information content (AvgIpc) is 2.61. The minimum absolute atomic E-state index is 0.0634. The second kappa shape index (κ2) is 8.75. The summed E-state index contributed by atoms with van der Waals surface area (Å²) in [6, 6.07) is 5.21. The molecule has 0 bridgehead atoms. The number of carbonyl (C=O) groups is 1. The lowest BCUT2D eigenvalue weighted by Crippen LogP contribution is -2.52. The summed E-state index contributed by atoms with van der Waals surface area (Å²) >= 11 is 0. The van der Waals surface area contributed by atoms with Crippen molar-refractivity contribution < 1.29 is 19.0 Å². The van der Waals surface area contributed by atoms with Gasteiger partial charge in [0.2, 0.25) is 5.91 Å². The number of hydrogen-bond donors (Lipinski definition) is 2. The SMILES string of the molecule is COCC(N)C(=O)N1CCCC(Nc2cc(OC)cc(OC)c2)C1. The van der Waals surface area contributed by atoms with E-state index < -0.39 is 6.04 Å². The summed E-state index contributed by atoms with van der Waals surface area (Å²) in [6.45, 7) is 1.59. The number of nitrogens with zero attached hydrogens (tertiary/aromatic N) is 1. The van der Waals surface area contributed by atoms with Crippen LogP contribution in [0, 0.1) is 0 Å². The molecule has 1 aromatic rings. The third-order valence-electron chi connectivity index (χ3n) is 4.12. The van der Waals surface area contributed by atoms with Gasteiger partial charge in [-0.15, -0.1) is 0 Å². The zero-order valence-electron chi connectivity index (χ0n) is 14.6. The normalized spacial score (nSPS) is 18.8. The molecule has 0 saturated carbocycles. The molecule has 1 amide bonds. The van der Waals surface area contributed by atoms with E-state index in [0.29, 0.717) is 6.54 Å². The van der Waals surface area contributed by atoms with Gasteiger partial charge in [0.25, 0.3) is 0 Å². The van der Waals surface area contributed by atoms with Gasteiger partial charge < -0.3 is 30.2 Å². The molecule has 134 valence electrons. The third kappa shape index (κ3) is 4.75. The highest BCUT2D eigenvalue weighted by Crippen LogP contribution is 2.27. The predicted octanol–water partition coefficient (Wildman–Crippen LogP) is 1.08. The topological polar surface area (TPSA) is 86.1 Å². The minimum Gasteiger partial charge on any atom is -0.497 e. The molecule has 24 heavy (non-hydrogen) atoms. The van der Waals surface area contributed by atoms with Gasteiger partial charge in [0, 0.05) is 50.1 Å². The molecule has 1 heterocycles. The maximum atomic E-state index is 12.3. The minimum atomic E-state index is -0.606. The maximum Gasteiger partial charge on any atom is 0.241 e. The van der Waals surface area contributed by atoms with Gasteiger partial charge in [-0.25, -0.2) is 0 Å². The largest absolute Gasteiger partial charge is 0.497 e. The number of amides is 1. The number of ether oxygens (including phenoxy) is 3. The van der Waals surface area contributed by atoms with E-state index in [1.807, 2.05) is 23.1 Å². The van der Waals surface area contributed by atoms with Gasteiger partial charge in [-0.3, -0.25) is 4.79 Å². The van der Waals surface area contributed by atoms with Crippen molar-refractivity contribution in [1.29, 1.82) is 0 Å². The molecule has 1 saturated heterocycles. The van der Waals surface area contributed by atoms with E-state index in [4.69, 9.17) is 19.9 Å². The zero-order valence-corrected chi connectivity index (χ0v) is 14.6. The fourth-order valence-corrected chi connectivity index (χ4v) is 2.91. The monoisotopic (exact) mass is 337 g/mol. The Hall–Kier alpha value is -1.99. The molecule has 2 atom stereocenters.